The number of aromatic nitrogens is 2. The molecule has 3 N–H and O–H groups in total. The van der Waals surface area contributed by atoms with Gasteiger partial charge in [-0.05, 0) is 94.8 Å². The third-order valence-corrected chi connectivity index (χ3v) is 7.52. The van der Waals surface area contributed by atoms with Crippen LogP contribution in [0.5, 0.6) is 0 Å². The van der Waals surface area contributed by atoms with Gasteiger partial charge in [-0.3, -0.25) is 4.79 Å². The fourth-order valence-electron chi connectivity index (χ4n) is 5.16. The number of nitrogens with two attached hydrogens (primary N) is 1. The molecule has 178 valence electrons. The lowest BCUT2D eigenvalue weighted by molar-refractivity contribution is 0.102. The minimum absolute atomic E-state index is 0.0582. The summed E-state index contributed by atoms with van der Waals surface area (Å²) in [5.41, 5.74) is 14.0. The molecular formula is C30H32N4O. The second-order valence-electron chi connectivity index (χ2n) is 11.0. The molecule has 5 heteroatoms. The molecule has 3 aromatic carbocycles. The van der Waals surface area contributed by atoms with Crippen molar-refractivity contribution in [1.29, 1.82) is 0 Å². The van der Waals surface area contributed by atoms with Crippen LogP contribution in [0.4, 0.5) is 11.6 Å². The summed E-state index contributed by atoms with van der Waals surface area (Å²) < 4.78 is 0. The van der Waals surface area contributed by atoms with E-state index in [1.54, 1.807) is 6.20 Å². The van der Waals surface area contributed by atoms with Gasteiger partial charge < -0.3 is 11.1 Å². The second-order valence-corrected chi connectivity index (χ2v) is 11.0. The first-order valence-electron chi connectivity index (χ1n) is 12.1. The van der Waals surface area contributed by atoms with Gasteiger partial charge in [0.1, 0.15) is 0 Å². The van der Waals surface area contributed by atoms with Gasteiger partial charge >= 0.3 is 0 Å². The first-order valence-corrected chi connectivity index (χ1v) is 12.1. The number of aryl methyl sites for hydroxylation is 1. The average molecular weight is 465 g/mol. The fraction of sp³-hybridized carbons (Fsp3) is 0.300. The summed E-state index contributed by atoms with van der Waals surface area (Å²) in [4.78, 5) is 21.7. The normalized spacial score (nSPS) is 16.0. The molecule has 1 amide bonds. The van der Waals surface area contributed by atoms with Gasteiger partial charge in [-0.25, -0.2) is 9.97 Å². The van der Waals surface area contributed by atoms with Crippen molar-refractivity contribution in [3.8, 4) is 11.1 Å². The van der Waals surface area contributed by atoms with E-state index in [-0.39, 0.29) is 22.7 Å². The molecule has 4 aromatic rings. The maximum absolute atomic E-state index is 13.3. The van der Waals surface area contributed by atoms with Gasteiger partial charge in [0.2, 0.25) is 5.95 Å². The monoisotopic (exact) mass is 464 g/mol. The highest BCUT2D eigenvalue weighted by Crippen LogP contribution is 2.46. The van der Waals surface area contributed by atoms with Crippen molar-refractivity contribution in [1.82, 2.24) is 9.97 Å². The molecule has 1 aliphatic carbocycles. The Morgan fingerprint density at radius 2 is 1.66 bits per heavy atom. The predicted octanol–water partition coefficient (Wildman–Crippen LogP) is 6.79. The van der Waals surface area contributed by atoms with Gasteiger partial charge in [-0.1, -0.05) is 45.9 Å². The molecule has 0 radical (unpaired) electrons. The molecular weight excluding hydrogens is 432 g/mol. The van der Waals surface area contributed by atoms with E-state index in [0.29, 0.717) is 5.56 Å². The van der Waals surface area contributed by atoms with E-state index in [0.717, 1.165) is 46.1 Å². The third kappa shape index (κ3) is 4.27. The van der Waals surface area contributed by atoms with Gasteiger partial charge in [0.25, 0.3) is 5.91 Å². The number of hydrogen-bond donors (Lipinski definition) is 2. The summed E-state index contributed by atoms with van der Waals surface area (Å²) in [5.74, 6) is 0.171. The topological polar surface area (TPSA) is 80.9 Å². The van der Waals surface area contributed by atoms with E-state index in [9.17, 15) is 4.79 Å². The molecule has 0 fully saturated rings. The number of carbonyl (C=O) groups excluding carboxylic acids is 1. The van der Waals surface area contributed by atoms with E-state index >= 15 is 0 Å². The second kappa shape index (κ2) is 8.19. The minimum atomic E-state index is -0.0934. The van der Waals surface area contributed by atoms with Gasteiger partial charge in [-0.2, -0.15) is 0 Å². The van der Waals surface area contributed by atoms with Crippen molar-refractivity contribution in [3.05, 3.63) is 83.0 Å². The molecule has 1 aliphatic rings. The number of nitrogens with one attached hydrogen (secondary N) is 1. The predicted molar refractivity (Wildman–Crippen MR) is 144 cm³/mol. The van der Waals surface area contributed by atoms with Crippen LogP contribution in [0, 0.1) is 6.92 Å². The molecule has 0 aliphatic heterocycles. The van der Waals surface area contributed by atoms with Crippen molar-refractivity contribution in [2.75, 3.05) is 11.1 Å². The van der Waals surface area contributed by atoms with Gasteiger partial charge in [0.15, 0.2) is 0 Å². The van der Waals surface area contributed by atoms with E-state index in [4.69, 9.17) is 5.73 Å². The van der Waals surface area contributed by atoms with E-state index in [2.05, 4.69) is 68.1 Å². The number of rotatable bonds is 3. The standard InChI is InChI=1S/C30H32N4O/c1-18-6-9-22(16-23(18)19-8-11-26-21(14-19)17-32-28(31)34-26)33-27(35)20-7-10-24-25(15-20)30(4,5)13-12-29(24,2)3/h6-11,14-17H,12-13H2,1-5H3,(H,33,35)(H2,31,32,34). The number of carbonyl (C=O) groups is 1. The zero-order valence-electron chi connectivity index (χ0n) is 21.1. The SMILES string of the molecule is Cc1ccc(NC(=O)c2ccc3c(c2)C(C)(C)CCC3(C)C)cc1-c1ccc2nc(N)ncc2c1. The molecule has 0 bridgehead atoms. The molecule has 0 atom stereocenters. The molecule has 1 heterocycles. The lowest BCUT2D eigenvalue weighted by atomic mass is 9.63. The van der Waals surface area contributed by atoms with Crippen LogP contribution in [0.2, 0.25) is 0 Å². The lowest BCUT2D eigenvalue weighted by Crippen LogP contribution is -2.34. The number of nitrogen functional groups attached to an aromatic ring is 1. The van der Waals surface area contributed by atoms with Gasteiger partial charge in [-0.15, -0.1) is 0 Å². The lowest BCUT2D eigenvalue weighted by Gasteiger charge is -2.42. The molecule has 0 saturated carbocycles. The number of fused-ring (bicyclic) bond motifs is 2. The van der Waals surface area contributed by atoms with Crippen molar-refractivity contribution in [3.63, 3.8) is 0 Å². The Morgan fingerprint density at radius 3 is 2.43 bits per heavy atom. The van der Waals surface area contributed by atoms with Crippen LogP contribution < -0.4 is 11.1 Å². The van der Waals surface area contributed by atoms with E-state index in [1.165, 1.54) is 11.1 Å². The number of nitrogens with zero attached hydrogens (tertiary/aromatic N) is 2. The maximum atomic E-state index is 13.3. The molecule has 35 heavy (non-hydrogen) atoms. The molecule has 0 spiro atoms. The third-order valence-electron chi connectivity index (χ3n) is 7.52. The van der Waals surface area contributed by atoms with Crippen LogP contribution in [0.15, 0.2) is 60.8 Å². The molecule has 5 rings (SSSR count). The Morgan fingerprint density at radius 1 is 0.914 bits per heavy atom. The van der Waals surface area contributed by atoms with Crippen LogP contribution >= 0.6 is 0 Å². The van der Waals surface area contributed by atoms with Crippen molar-refractivity contribution < 1.29 is 4.79 Å². The van der Waals surface area contributed by atoms with Gasteiger partial charge in [0, 0.05) is 22.8 Å². The fourth-order valence-corrected chi connectivity index (χ4v) is 5.16. The Kier molecular flexibility index (Phi) is 5.39. The number of anilines is 2. The first kappa shape index (κ1) is 23.0. The zero-order valence-corrected chi connectivity index (χ0v) is 21.1. The Hall–Kier alpha value is -3.73. The first-order chi connectivity index (χ1) is 16.5. The number of hydrogen-bond acceptors (Lipinski definition) is 4. The summed E-state index contributed by atoms with van der Waals surface area (Å²) in [5, 5.41) is 4.04. The number of benzene rings is 3. The molecule has 1 aromatic heterocycles. The quantitative estimate of drug-likeness (QED) is 0.350. The summed E-state index contributed by atoms with van der Waals surface area (Å²) in [7, 11) is 0. The van der Waals surface area contributed by atoms with Gasteiger partial charge in [0.05, 0.1) is 5.52 Å². The van der Waals surface area contributed by atoms with Crippen molar-refractivity contribution >= 4 is 28.4 Å². The Labute approximate surface area is 206 Å². The van der Waals surface area contributed by atoms with Crippen molar-refractivity contribution in [2.24, 2.45) is 0 Å². The molecule has 0 saturated heterocycles. The molecule has 5 nitrogen and oxygen atoms in total. The van der Waals surface area contributed by atoms with Crippen LogP contribution in [-0.4, -0.2) is 15.9 Å². The minimum Gasteiger partial charge on any atom is -0.368 e. The molecule has 0 unspecified atom stereocenters. The maximum Gasteiger partial charge on any atom is 0.255 e. The van der Waals surface area contributed by atoms with Crippen LogP contribution in [0.3, 0.4) is 0 Å². The Bertz CT molecular complexity index is 1470. The Balaban J connectivity index is 1.45. The zero-order chi connectivity index (χ0) is 25.0. The summed E-state index contributed by atoms with van der Waals surface area (Å²) in [6.07, 6.45) is 4.00. The average Bonchev–Trinajstić information content (AvgIpc) is 2.83. The van der Waals surface area contributed by atoms with E-state index in [1.807, 2.05) is 36.4 Å². The van der Waals surface area contributed by atoms with Crippen LogP contribution in [0.25, 0.3) is 22.0 Å². The van der Waals surface area contributed by atoms with Crippen LogP contribution in [-0.2, 0) is 10.8 Å². The van der Waals surface area contributed by atoms with Crippen LogP contribution in [0.1, 0.15) is 67.6 Å². The summed E-state index contributed by atoms with van der Waals surface area (Å²) >= 11 is 0. The van der Waals surface area contributed by atoms with E-state index < -0.39 is 0 Å². The number of amides is 1. The smallest absolute Gasteiger partial charge is 0.255 e. The summed E-state index contributed by atoms with van der Waals surface area (Å²) in [6, 6.07) is 18.2. The highest BCUT2D eigenvalue weighted by molar-refractivity contribution is 6.05. The highest BCUT2D eigenvalue weighted by Gasteiger charge is 2.37. The van der Waals surface area contributed by atoms with Crippen molar-refractivity contribution in [2.45, 2.75) is 58.3 Å². The largest absolute Gasteiger partial charge is 0.368 e. The summed E-state index contributed by atoms with van der Waals surface area (Å²) in [6.45, 7) is 11.2. The highest BCUT2D eigenvalue weighted by atomic mass is 16.1.